The van der Waals surface area contributed by atoms with Crippen molar-refractivity contribution in [1.29, 1.82) is 0 Å². The summed E-state index contributed by atoms with van der Waals surface area (Å²) < 4.78 is 11.0. The Labute approximate surface area is 252 Å². The molecule has 0 radical (unpaired) electrons. The Balaban J connectivity index is 1.31. The van der Waals surface area contributed by atoms with Crippen LogP contribution < -0.4 is 15.0 Å². The topological polar surface area (TPSA) is 105 Å². The number of carbonyl (C=O) groups excluding carboxylic acids is 4. The summed E-state index contributed by atoms with van der Waals surface area (Å²) in [5, 5.41) is 2.78. The van der Waals surface area contributed by atoms with E-state index >= 15 is 0 Å². The Bertz CT molecular complexity index is 1480. The number of ketones is 1. The first-order valence-corrected chi connectivity index (χ1v) is 14.5. The maximum atomic E-state index is 13.2. The number of carbonyl (C=O) groups is 4. The first kappa shape index (κ1) is 31.3. The van der Waals surface area contributed by atoms with Crippen molar-refractivity contribution < 1.29 is 28.7 Å². The van der Waals surface area contributed by atoms with Gasteiger partial charge in [0, 0.05) is 49.5 Å². The van der Waals surface area contributed by atoms with Gasteiger partial charge in [-0.05, 0) is 88.2 Å². The zero-order valence-corrected chi connectivity index (χ0v) is 25.4. The van der Waals surface area contributed by atoms with E-state index < -0.39 is 17.5 Å². The Hall–Kier alpha value is -4.66. The average Bonchev–Trinajstić information content (AvgIpc) is 3.00. The number of likely N-dealkylation sites (tertiary alicyclic amines) is 1. The summed E-state index contributed by atoms with van der Waals surface area (Å²) >= 11 is 0. The Morgan fingerprint density at radius 2 is 1.63 bits per heavy atom. The van der Waals surface area contributed by atoms with Crippen LogP contribution in [0.1, 0.15) is 54.2 Å². The Kier molecular flexibility index (Phi) is 9.85. The van der Waals surface area contributed by atoms with Crippen molar-refractivity contribution in [3.8, 4) is 5.75 Å². The van der Waals surface area contributed by atoms with Gasteiger partial charge < -0.3 is 19.3 Å². The lowest BCUT2D eigenvalue weighted by atomic mass is 9.80. The Morgan fingerprint density at radius 1 is 0.953 bits per heavy atom. The van der Waals surface area contributed by atoms with Crippen LogP contribution in [-0.2, 0) is 20.9 Å². The van der Waals surface area contributed by atoms with Crippen molar-refractivity contribution in [2.24, 2.45) is 5.41 Å². The van der Waals surface area contributed by atoms with E-state index in [0.717, 1.165) is 29.9 Å². The zero-order valence-electron chi connectivity index (χ0n) is 25.4. The number of piperidine rings is 1. The number of ether oxygens (including phenoxy) is 2. The molecule has 9 heteroatoms. The normalized spacial score (nSPS) is 16.4. The fraction of sp³-hybridized carbons (Fsp3) is 0.353. The number of anilines is 2. The van der Waals surface area contributed by atoms with Gasteiger partial charge in [0.25, 0.3) is 5.91 Å². The number of amides is 2. The standard InChI is InChI=1S/C34H39N3O6/c1-6-36(7-2)27-14-17-29(24(4)20-27)35-33(41)42-21-25-10-15-28(16-11-25)43-32(40)34(5)22-37(19-18-30(34)38)31(39)26-12-8-23(3)9-13-26/h8-17,20H,6-7,18-19,21-22H2,1-5H3,(H,35,41). The van der Waals surface area contributed by atoms with E-state index in [4.69, 9.17) is 9.47 Å². The van der Waals surface area contributed by atoms with E-state index in [1.807, 2.05) is 44.2 Å². The van der Waals surface area contributed by atoms with Gasteiger partial charge in [-0.15, -0.1) is 0 Å². The van der Waals surface area contributed by atoms with Gasteiger partial charge in [-0.1, -0.05) is 29.8 Å². The molecule has 1 atom stereocenters. The third kappa shape index (κ3) is 7.41. The third-order valence-electron chi connectivity index (χ3n) is 7.85. The number of nitrogens with one attached hydrogen (secondary N) is 1. The number of esters is 1. The fourth-order valence-electron chi connectivity index (χ4n) is 5.03. The van der Waals surface area contributed by atoms with Gasteiger partial charge in [-0.3, -0.25) is 19.7 Å². The molecule has 1 saturated heterocycles. The van der Waals surface area contributed by atoms with Crippen LogP contribution in [0, 0.1) is 19.3 Å². The summed E-state index contributed by atoms with van der Waals surface area (Å²) in [5.74, 6) is -0.964. The van der Waals surface area contributed by atoms with Gasteiger partial charge in [-0.25, -0.2) is 4.79 Å². The number of rotatable bonds is 9. The van der Waals surface area contributed by atoms with E-state index in [1.54, 1.807) is 36.4 Å². The number of hydrogen-bond acceptors (Lipinski definition) is 7. The van der Waals surface area contributed by atoms with E-state index in [1.165, 1.54) is 11.8 Å². The maximum absolute atomic E-state index is 13.2. The van der Waals surface area contributed by atoms with Gasteiger partial charge in [0.15, 0.2) is 5.78 Å². The number of aryl methyl sites for hydroxylation is 2. The lowest BCUT2D eigenvalue weighted by molar-refractivity contribution is -0.154. The second-order valence-electron chi connectivity index (χ2n) is 11.0. The van der Waals surface area contributed by atoms with Gasteiger partial charge in [0.1, 0.15) is 17.8 Å². The molecule has 2 amide bonds. The number of nitrogens with zero attached hydrogens (tertiary/aromatic N) is 2. The summed E-state index contributed by atoms with van der Waals surface area (Å²) in [7, 11) is 0. The average molecular weight is 586 g/mol. The van der Waals surface area contributed by atoms with Gasteiger partial charge >= 0.3 is 12.1 Å². The van der Waals surface area contributed by atoms with E-state index in [-0.39, 0.29) is 43.6 Å². The Morgan fingerprint density at radius 3 is 2.26 bits per heavy atom. The molecule has 0 bridgehead atoms. The molecule has 0 aromatic heterocycles. The first-order chi connectivity index (χ1) is 20.5. The summed E-state index contributed by atoms with van der Waals surface area (Å²) in [4.78, 5) is 55.2. The molecular weight excluding hydrogens is 546 g/mol. The monoisotopic (exact) mass is 585 g/mol. The zero-order chi connectivity index (χ0) is 31.1. The van der Waals surface area contributed by atoms with E-state index in [9.17, 15) is 19.2 Å². The van der Waals surface area contributed by atoms with Crippen molar-refractivity contribution >= 4 is 35.1 Å². The second kappa shape index (κ2) is 13.5. The quantitative estimate of drug-likeness (QED) is 0.189. The van der Waals surface area contributed by atoms with Crippen LogP contribution >= 0.6 is 0 Å². The smallest absolute Gasteiger partial charge is 0.411 e. The molecule has 1 aliphatic rings. The minimum absolute atomic E-state index is 0.0168. The highest BCUT2D eigenvalue weighted by atomic mass is 16.5. The summed E-state index contributed by atoms with van der Waals surface area (Å²) in [6.07, 6.45) is -0.510. The molecule has 1 aliphatic heterocycles. The molecule has 3 aromatic rings. The van der Waals surface area contributed by atoms with Gasteiger partial charge in [-0.2, -0.15) is 0 Å². The molecule has 1 unspecified atom stereocenters. The molecule has 1 fully saturated rings. The highest BCUT2D eigenvalue weighted by Crippen LogP contribution is 2.30. The van der Waals surface area contributed by atoms with Crippen molar-refractivity contribution in [1.82, 2.24) is 4.90 Å². The van der Waals surface area contributed by atoms with Crippen LogP contribution in [0.3, 0.4) is 0 Å². The maximum Gasteiger partial charge on any atom is 0.411 e. The second-order valence-corrected chi connectivity index (χ2v) is 11.0. The lowest BCUT2D eigenvalue weighted by Gasteiger charge is -2.37. The molecule has 1 N–H and O–H groups in total. The number of Topliss-reactive ketones (excluding diaryl/α,β-unsaturated/α-hetero) is 1. The predicted molar refractivity (Wildman–Crippen MR) is 165 cm³/mol. The minimum atomic E-state index is -1.49. The number of hydrogen-bond donors (Lipinski definition) is 1. The van der Waals surface area contributed by atoms with Crippen LogP contribution in [0.5, 0.6) is 5.75 Å². The highest BCUT2D eigenvalue weighted by molar-refractivity contribution is 6.06. The van der Waals surface area contributed by atoms with Crippen molar-refractivity contribution in [2.45, 2.75) is 47.6 Å². The van der Waals surface area contributed by atoms with Crippen molar-refractivity contribution in [2.75, 3.05) is 36.4 Å². The largest absolute Gasteiger partial charge is 0.444 e. The summed E-state index contributed by atoms with van der Waals surface area (Å²) in [5.41, 5.74) is 3.45. The minimum Gasteiger partial charge on any atom is -0.444 e. The van der Waals surface area contributed by atoms with Crippen LogP contribution in [0.2, 0.25) is 0 Å². The van der Waals surface area contributed by atoms with Crippen LogP contribution in [-0.4, -0.2) is 54.8 Å². The lowest BCUT2D eigenvalue weighted by Crippen LogP contribution is -2.54. The van der Waals surface area contributed by atoms with Gasteiger partial charge in [0.05, 0.1) is 0 Å². The fourth-order valence-corrected chi connectivity index (χ4v) is 5.03. The molecule has 0 spiro atoms. The van der Waals surface area contributed by atoms with E-state index in [0.29, 0.717) is 16.8 Å². The van der Waals surface area contributed by atoms with E-state index in [2.05, 4.69) is 24.1 Å². The third-order valence-corrected chi connectivity index (χ3v) is 7.85. The SMILES string of the molecule is CCN(CC)c1ccc(NC(=O)OCc2ccc(OC(=O)C3(C)CN(C(=O)c4ccc(C)cc4)CCC3=O)cc2)c(C)c1. The molecular formula is C34H39N3O6. The molecule has 4 rings (SSSR count). The molecule has 0 aliphatic carbocycles. The summed E-state index contributed by atoms with van der Waals surface area (Å²) in [6.45, 7) is 11.6. The molecule has 43 heavy (non-hydrogen) atoms. The van der Waals surface area contributed by atoms with Crippen molar-refractivity contribution in [3.63, 3.8) is 0 Å². The van der Waals surface area contributed by atoms with Crippen LogP contribution in [0.25, 0.3) is 0 Å². The molecule has 0 saturated carbocycles. The number of benzene rings is 3. The molecule has 1 heterocycles. The first-order valence-electron chi connectivity index (χ1n) is 14.5. The van der Waals surface area contributed by atoms with Gasteiger partial charge in [0.2, 0.25) is 0 Å². The summed E-state index contributed by atoms with van der Waals surface area (Å²) in [6, 6.07) is 19.6. The van der Waals surface area contributed by atoms with Crippen molar-refractivity contribution in [3.05, 3.63) is 89.0 Å². The predicted octanol–water partition coefficient (Wildman–Crippen LogP) is 5.93. The molecule has 9 nitrogen and oxygen atoms in total. The van der Waals surface area contributed by atoms with Crippen LogP contribution in [0.4, 0.5) is 16.2 Å². The highest BCUT2D eigenvalue weighted by Gasteiger charge is 2.47. The van der Waals surface area contributed by atoms with Crippen LogP contribution in [0.15, 0.2) is 66.7 Å². The molecule has 3 aromatic carbocycles. The molecule has 226 valence electrons.